The van der Waals surface area contributed by atoms with Crippen LogP contribution in [0.4, 0.5) is 17.1 Å². The standard InChI is InChI=1S/C27H28N4O4/c1-28-22-7-4-20(5-8-22)19-35-25-13-6-21(18-26(25)33-2)27(32)29-23-9-11-24(12-10-23)30-14-16-31(34-3)17-15-30/h4-13,18H,14-17,19H2,2-3H3,(H,29,32)/p+1. The van der Waals surface area contributed by atoms with E-state index in [1.54, 1.807) is 44.6 Å². The maximum Gasteiger partial charge on any atom is 0.255 e. The topological polar surface area (TPSA) is 68.8 Å². The first-order chi connectivity index (χ1) is 17.1. The molecule has 4 rings (SSSR count). The van der Waals surface area contributed by atoms with Gasteiger partial charge in [0.2, 0.25) is 0 Å². The predicted molar refractivity (Wildman–Crippen MR) is 133 cm³/mol. The summed E-state index contributed by atoms with van der Waals surface area (Å²) in [6.45, 7) is 11.1. The zero-order chi connectivity index (χ0) is 24.6. The third-order valence-corrected chi connectivity index (χ3v) is 6.02. The van der Waals surface area contributed by atoms with Crippen LogP contribution in [0.15, 0.2) is 66.7 Å². The minimum absolute atomic E-state index is 0.224. The Hall–Kier alpha value is -3.90. The van der Waals surface area contributed by atoms with Gasteiger partial charge in [0.1, 0.15) is 12.3 Å². The third-order valence-electron chi connectivity index (χ3n) is 6.02. The Bertz CT molecular complexity index is 1180. The van der Waals surface area contributed by atoms with Crippen molar-refractivity contribution >= 4 is 23.0 Å². The second-order valence-corrected chi connectivity index (χ2v) is 8.18. The van der Waals surface area contributed by atoms with Gasteiger partial charge >= 0.3 is 0 Å². The summed E-state index contributed by atoms with van der Waals surface area (Å²) < 4.78 is 11.3. The quantitative estimate of drug-likeness (QED) is 0.491. The fourth-order valence-corrected chi connectivity index (χ4v) is 3.98. The number of hydrogen-bond donors (Lipinski definition) is 2. The Morgan fingerprint density at radius 3 is 2.34 bits per heavy atom. The van der Waals surface area contributed by atoms with Gasteiger partial charge in [0.25, 0.3) is 5.91 Å². The minimum atomic E-state index is -0.224. The van der Waals surface area contributed by atoms with E-state index in [2.05, 4.69) is 22.3 Å². The van der Waals surface area contributed by atoms with Crippen LogP contribution in [-0.4, -0.2) is 51.4 Å². The summed E-state index contributed by atoms with van der Waals surface area (Å²) in [5.41, 5.74) is 3.93. The van der Waals surface area contributed by atoms with E-state index in [9.17, 15) is 4.79 Å². The van der Waals surface area contributed by atoms with Crippen molar-refractivity contribution in [3.05, 3.63) is 89.3 Å². The molecule has 0 atom stereocenters. The molecule has 0 unspecified atom stereocenters. The van der Waals surface area contributed by atoms with Crippen molar-refractivity contribution in [1.82, 2.24) is 5.06 Å². The molecule has 8 heteroatoms. The maximum atomic E-state index is 12.8. The Morgan fingerprint density at radius 1 is 1.00 bits per heavy atom. The van der Waals surface area contributed by atoms with Crippen molar-refractivity contribution in [3.63, 3.8) is 0 Å². The van der Waals surface area contributed by atoms with E-state index < -0.39 is 0 Å². The Labute approximate surface area is 205 Å². The molecular weight excluding hydrogens is 444 g/mol. The second-order valence-electron chi connectivity index (χ2n) is 8.18. The average Bonchev–Trinajstić information content (AvgIpc) is 2.92. The largest absolute Gasteiger partial charge is 0.493 e. The fourth-order valence-electron chi connectivity index (χ4n) is 3.98. The molecule has 0 spiro atoms. The highest BCUT2D eigenvalue weighted by Gasteiger charge is 2.21. The number of benzene rings is 3. The first kappa shape index (κ1) is 24.2. The first-order valence-electron chi connectivity index (χ1n) is 11.4. The van der Waals surface area contributed by atoms with Crippen LogP contribution < -0.4 is 19.7 Å². The number of hydroxylamine groups is 2. The van der Waals surface area contributed by atoms with E-state index in [-0.39, 0.29) is 5.91 Å². The number of nitrogens with zero attached hydrogens (tertiary/aromatic N) is 2. The van der Waals surface area contributed by atoms with Crippen LogP contribution in [0.2, 0.25) is 0 Å². The van der Waals surface area contributed by atoms with Crippen molar-refractivity contribution in [1.29, 1.82) is 0 Å². The lowest BCUT2D eigenvalue weighted by atomic mass is 10.1. The number of anilines is 1. The van der Waals surface area contributed by atoms with Crippen molar-refractivity contribution in [2.24, 2.45) is 0 Å². The molecule has 1 aliphatic heterocycles. The molecule has 3 aromatic carbocycles. The van der Waals surface area contributed by atoms with E-state index >= 15 is 0 Å². The molecule has 1 heterocycles. The number of hydrogen-bond acceptors (Lipinski definition) is 5. The number of carbonyl (C=O) groups is 1. The summed E-state index contributed by atoms with van der Waals surface area (Å²) in [7, 11) is 3.25. The van der Waals surface area contributed by atoms with Gasteiger partial charge in [-0.25, -0.2) is 4.85 Å². The molecular formula is C27H29N4O4+. The summed E-state index contributed by atoms with van der Waals surface area (Å²) in [5, 5.41) is 4.92. The average molecular weight is 474 g/mol. The van der Waals surface area contributed by atoms with Gasteiger partial charge in [-0.3, -0.25) is 4.79 Å². The summed E-state index contributed by atoms with van der Waals surface area (Å²) in [5.74, 6) is 0.794. The van der Waals surface area contributed by atoms with E-state index in [1.807, 2.05) is 29.3 Å². The Balaban J connectivity index is 1.36. The van der Waals surface area contributed by atoms with Crippen LogP contribution in [0.5, 0.6) is 11.5 Å². The van der Waals surface area contributed by atoms with Crippen molar-refractivity contribution < 1.29 is 24.0 Å². The van der Waals surface area contributed by atoms with Gasteiger partial charge in [0, 0.05) is 23.4 Å². The number of methoxy groups -OCH3 is 1. The lowest BCUT2D eigenvalue weighted by molar-refractivity contribution is -0.840. The molecule has 1 aliphatic rings. The molecule has 2 N–H and O–H groups in total. The van der Waals surface area contributed by atoms with Crippen molar-refractivity contribution in [3.8, 4) is 11.5 Å². The van der Waals surface area contributed by atoms with E-state index in [1.165, 1.54) is 10.6 Å². The SMILES string of the molecule is [C-]#[N+]c1ccc(COc2ccc(C(=O)Nc3ccc([NH+]4CCN(OC)CC4)cc3)cc2OC)cc1. The summed E-state index contributed by atoms with van der Waals surface area (Å²) in [6, 6.07) is 20.3. The number of rotatable bonds is 8. The predicted octanol–water partition coefficient (Wildman–Crippen LogP) is 3.47. The van der Waals surface area contributed by atoms with Crippen molar-refractivity contribution in [2.75, 3.05) is 45.7 Å². The molecule has 3 aromatic rings. The summed E-state index contributed by atoms with van der Waals surface area (Å²) in [6.07, 6.45) is 0. The molecule has 1 fully saturated rings. The summed E-state index contributed by atoms with van der Waals surface area (Å²) in [4.78, 5) is 22.9. The summed E-state index contributed by atoms with van der Waals surface area (Å²) >= 11 is 0. The van der Waals surface area contributed by atoms with Gasteiger partial charge < -0.3 is 24.5 Å². The minimum Gasteiger partial charge on any atom is -0.493 e. The number of carbonyl (C=O) groups excluding carboxylic acids is 1. The number of amides is 1. The lowest BCUT2D eigenvalue weighted by Crippen LogP contribution is -3.10. The molecule has 0 radical (unpaired) electrons. The monoisotopic (exact) mass is 473 g/mol. The highest BCUT2D eigenvalue weighted by Crippen LogP contribution is 2.29. The lowest BCUT2D eigenvalue weighted by Gasteiger charge is -2.30. The third kappa shape index (κ3) is 6.16. The van der Waals surface area contributed by atoms with Crippen LogP contribution in [0.1, 0.15) is 15.9 Å². The normalized spacial score (nSPS) is 14.2. The van der Waals surface area contributed by atoms with Crippen LogP contribution in [0, 0.1) is 6.57 Å². The smallest absolute Gasteiger partial charge is 0.255 e. The Kier molecular flexibility index (Phi) is 7.95. The van der Waals surface area contributed by atoms with E-state index in [0.717, 1.165) is 37.4 Å². The maximum absolute atomic E-state index is 12.8. The van der Waals surface area contributed by atoms with Crippen LogP contribution in [-0.2, 0) is 11.4 Å². The molecule has 35 heavy (non-hydrogen) atoms. The molecule has 180 valence electrons. The zero-order valence-corrected chi connectivity index (χ0v) is 19.9. The van der Waals surface area contributed by atoms with Gasteiger partial charge in [0.15, 0.2) is 17.2 Å². The molecule has 0 bridgehead atoms. The zero-order valence-electron chi connectivity index (χ0n) is 19.9. The molecule has 1 saturated heterocycles. The van der Waals surface area contributed by atoms with Gasteiger partial charge in [-0.1, -0.05) is 24.3 Å². The number of ether oxygens (including phenoxy) is 2. The van der Waals surface area contributed by atoms with Gasteiger partial charge in [-0.05, 0) is 35.9 Å². The Morgan fingerprint density at radius 2 is 1.71 bits per heavy atom. The first-order valence-corrected chi connectivity index (χ1v) is 11.4. The second kappa shape index (κ2) is 11.5. The molecule has 0 saturated carbocycles. The van der Waals surface area contributed by atoms with E-state index in [4.69, 9.17) is 20.9 Å². The molecule has 8 nitrogen and oxygen atoms in total. The van der Waals surface area contributed by atoms with Crippen molar-refractivity contribution in [2.45, 2.75) is 6.61 Å². The molecule has 0 aromatic heterocycles. The molecule has 1 amide bonds. The fraction of sp³-hybridized carbons (Fsp3) is 0.259. The molecule has 0 aliphatic carbocycles. The van der Waals surface area contributed by atoms with Gasteiger partial charge in [-0.15, -0.1) is 0 Å². The highest BCUT2D eigenvalue weighted by atomic mass is 16.7. The van der Waals surface area contributed by atoms with Crippen LogP contribution in [0.3, 0.4) is 0 Å². The van der Waals surface area contributed by atoms with E-state index in [0.29, 0.717) is 29.4 Å². The number of nitrogens with one attached hydrogen (secondary N) is 2. The highest BCUT2D eigenvalue weighted by molar-refractivity contribution is 6.04. The number of piperazine rings is 1. The van der Waals surface area contributed by atoms with Gasteiger partial charge in [-0.2, -0.15) is 5.06 Å². The number of quaternary nitrogens is 1. The van der Waals surface area contributed by atoms with Crippen LogP contribution >= 0.6 is 0 Å². The van der Waals surface area contributed by atoms with Gasteiger partial charge in [0.05, 0.1) is 47.0 Å². The van der Waals surface area contributed by atoms with Crippen LogP contribution in [0.25, 0.3) is 4.85 Å².